The van der Waals surface area contributed by atoms with Crippen molar-refractivity contribution in [3.63, 3.8) is 0 Å². The smallest absolute Gasteiger partial charge is 0.00285 e. The third-order valence-corrected chi connectivity index (χ3v) is 0.632. The average molecular weight is 268 g/mol. The minimum absolute atomic E-state index is 0. The van der Waals surface area contributed by atoms with Crippen molar-refractivity contribution >= 4 is 0 Å². The predicted octanol–water partition coefficient (Wildman–Crippen LogP) is 0.893. The summed E-state index contributed by atoms with van der Waals surface area (Å²) in [4.78, 5) is 1.86. The topological polar surface area (TPSA) is 3.24 Å². The van der Waals surface area contributed by atoms with E-state index in [4.69, 9.17) is 0 Å². The van der Waals surface area contributed by atoms with Gasteiger partial charge in [-0.05, 0) is 0 Å². The Hall–Kier alpha value is 0.0983. The molecule has 0 fully saturated rings. The van der Waals surface area contributed by atoms with Crippen molar-refractivity contribution in [2.75, 3.05) is 14.1 Å². The Bertz CT molecular complexity index is 59.1. The number of hydrogen-bond acceptors (Lipinski definition) is 1. The van der Waals surface area contributed by atoms with Gasteiger partial charge in [0.1, 0.15) is 0 Å². The van der Waals surface area contributed by atoms with Gasteiger partial charge in [0.05, 0.1) is 0 Å². The zero-order valence-corrected chi connectivity index (χ0v) is 7.70. The second-order valence-electron chi connectivity index (χ2n) is 1.46. The largest absolute Gasteiger partial charge is 0.411 e. The summed E-state index contributed by atoms with van der Waals surface area (Å²) in [5, 5.41) is 0. The average Bonchev–Trinajstić information content (AvgIpc) is 1.36. The van der Waals surface area contributed by atoms with E-state index >= 15 is 0 Å². The SMILES string of the molecule is C=C([CH2-])N(C)C.[W]. The zero-order chi connectivity index (χ0) is 5.15. The number of allylic oxidation sites excluding steroid dienone is 1. The number of hydrogen-bond donors (Lipinski definition) is 0. The molecule has 42 valence electrons. The molecule has 0 saturated heterocycles. The number of rotatable bonds is 1. The molecule has 0 heterocycles. The maximum atomic E-state index is 3.57. The number of nitrogens with zero attached hydrogens (tertiary/aromatic N) is 1. The molecule has 0 aliphatic heterocycles. The summed E-state index contributed by atoms with van der Waals surface area (Å²) in [7, 11) is 3.82. The monoisotopic (exact) mass is 268 g/mol. The van der Waals surface area contributed by atoms with E-state index in [0.717, 1.165) is 5.70 Å². The molecule has 0 aromatic rings. The van der Waals surface area contributed by atoms with Gasteiger partial charge in [-0.3, -0.25) is 0 Å². The minimum Gasteiger partial charge on any atom is -0.411 e. The minimum atomic E-state index is 0. The molecule has 0 aromatic carbocycles. The van der Waals surface area contributed by atoms with Crippen molar-refractivity contribution in [2.24, 2.45) is 0 Å². The second kappa shape index (κ2) is 4.26. The molecule has 0 saturated carbocycles. The van der Waals surface area contributed by atoms with Gasteiger partial charge in [0.15, 0.2) is 0 Å². The van der Waals surface area contributed by atoms with E-state index in [2.05, 4.69) is 13.5 Å². The van der Waals surface area contributed by atoms with Crippen molar-refractivity contribution in [2.45, 2.75) is 0 Å². The van der Waals surface area contributed by atoms with Gasteiger partial charge in [0.25, 0.3) is 0 Å². The van der Waals surface area contributed by atoms with Crippen LogP contribution < -0.4 is 0 Å². The van der Waals surface area contributed by atoms with Crippen LogP contribution in [0.5, 0.6) is 0 Å². The van der Waals surface area contributed by atoms with Crippen molar-refractivity contribution in [3.8, 4) is 0 Å². The molecule has 0 aliphatic rings. The molecule has 0 amide bonds. The van der Waals surface area contributed by atoms with Gasteiger partial charge in [-0.2, -0.15) is 0 Å². The Balaban J connectivity index is 0. The van der Waals surface area contributed by atoms with Gasteiger partial charge in [-0.1, -0.05) is 0 Å². The molecule has 0 spiro atoms. The van der Waals surface area contributed by atoms with E-state index in [9.17, 15) is 0 Å². The quantitative estimate of drug-likeness (QED) is 0.638. The summed E-state index contributed by atoms with van der Waals surface area (Å²) in [6.45, 7) is 7.14. The second-order valence-corrected chi connectivity index (χ2v) is 1.46. The Kier molecular flexibility index (Phi) is 6.18. The van der Waals surface area contributed by atoms with E-state index in [0.29, 0.717) is 0 Å². The van der Waals surface area contributed by atoms with Gasteiger partial charge < -0.3 is 4.90 Å². The van der Waals surface area contributed by atoms with Gasteiger partial charge in [0.2, 0.25) is 0 Å². The summed E-state index contributed by atoms with van der Waals surface area (Å²) < 4.78 is 0. The Morgan fingerprint density at radius 2 is 1.71 bits per heavy atom. The first-order valence-electron chi connectivity index (χ1n) is 1.83. The Morgan fingerprint density at radius 3 is 1.71 bits per heavy atom. The summed E-state index contributed by atoms with van der Waals surface area (Å²) in [5.74, 6) is 0. The fourth-order valence-electron chi connectivity index (χ4n) is 0. The van der Waals surface area contributed by atoms with E-state index < -0.39 is 0 Å². The maximum Gasteiger partial charge on any atom is 0.00285 e. The molecular formula is C5H10NW-. The van der Waals surface area contributed by atoms with Gasteiger partial charge >= 0.3 is 0 Å². The molecule has 0 aliphatic carbocycles. The van der Waals surface area contributed by atoms with Crippen LogP contribution in [0.25, 0.3) is 0 Å². The van der Waals surface area contributed by atoms with Crippen LogP contribution in [0, 0.1) is 6.92 Å². The van der Waals surface area contributed by atoms with E-state index in [1.165, 1.54) is 0 Å². The first kappa shape index (κ1) is 10.2. The maximum absolute atomic E-state index is 3.57. The summed E-state index contributed by atoms with van der Waals surface area (Å²) >= 11 is 0. The van der Waals surface area contributed by atoms with E-state index in [-0.39, 0.29) is 21.1 Å². The normalized spacial score (nSPS) is 6.57. The zero-order valence-electron chi connectivity index (χ0n) is 4.77. The van der Waals surface area contributed by atoms with Gasteiger partial charge in [-0.25, -0.2) is 13.5 Å². The third kappa shape index (κ3) is 6.10. The molecule has 1 nitrogen and oxygen atoms in total. The van der Waals surface area contributed by atoms with E-state index in [1.807, 2.05) is 19.0 Å². The first-order chi connectivity index (χ1) is 2.64. The standard InChI is InChI=1S/C5H10N.W/c1-5(2)6(3)4;/h1-2H2,3-4H3;/q-1;. The van der Waals surface area contributed by atoms with Crippen LogP contribution in [0.3, 0.4) is 0 Å². The first-order valence-corrected chi connectivity index (χ1v) is 1.83. The molecule has 0 atom stereocenters. The molecule has 0 rings (SSSR count). The van der Waals surface area contributed by atoms with Crippen molar-refractivity contribution < 1.29 is 21.1 Å². The molecule has 0 radical (unpaired) electrons. The van der Waals surface area contributed by atoms with E-state index in [1.54, 1.807) is 0 Å². The molecule has 0 N–H and O–H groups in total. The molecule has 7 heavy (non-hydrogen) atoms. The molecule has 0 bridgehead atoms. The van der Waals surface area contributed by atoms with Gasteiger partial charge in [0, 0.05) is 35.2 Å². The van der Waals surface area contributed by atoms with Crippen LogP contribution >= 0.6 is 0 Å². The van der Waals surface area contributed by atoms with Crippen molar-refractivity contribution in [3.05, 3.63) is 19.2 Å². The van der Waals surface area contributed by atoms with Gasteiger partial charge in [-0.15, -0.1) is 5.70 Å². The van der Waals surface area contributed by atoms with Crippen LogP contribution in [-0.4, -0.2) is 19.0 Å². The Labute approximate surface area is 59.7 Å². The van der Waals surface area contributed by atoms with Crippen LogP contribution in [-0.2, 0) is 21.1 Å². The van der Waals surface area contributed by atoms with Crippen LogP contribution in [0.4, 0.5) is 0 Å². The predicted molar refractivity (Wildman–Crippen MR) is 28.2 cm³/mol. The van der Waals surface area contributed by atoms with Crippen molar-refractivity contribution in [1.82, 2.24) is 4.90 Å². The molecule has 0 aromatic heterocycles. The molecule has 2 heteroatoms. The molecule has 0 unspecified atom stereocenters. The van der Waals surface area contributed by atoms with Crippen LogP contribution in [0.15, 0.2) is 12.3 Å². The van der Waals surface area contributed by atoms with Crippen LogP contribution in [0.2, 0.25) is 0 Å². The summed E-state index contributed by atoms with van der Waals surface area (Å²) in [5.41, 5.74) is 0.843. The molecular weight excluding hydrogens is 258 g/mol. The van der Waals surface area contributed by atoms with Crippen molar-refractivity contribution in [1.29, 1.82) is 0 Å². The summed E-state index contributed by atoms with van der Waals surface area (Å²) in [6.07, 6.45) is 0. The fraction of sp³-hybridized carbons (Fsp3) is 0.400. The fourth-order valence-corrected chi connectivity index (χ4v) is 0. The Morgan fingerprint density at radius 1 is 1.57 bits per heavy atom. The third-order valence-electron chi connectivity index (χ3n) is 0.632. The van der Waals surface area contributed by atoms with Crippen LogP contribution in [0.1, 0.15) is 0 Å². The summed E-state index contributed by atoms with van der Waals surface area (Å²) in [6, 6.07) is 0.